The Morgan fingerprint density at radius 3 is 2.44 bits per heavy atom. The highest BCUT2D eigenvalue weighted by atomic mass is 127. The van der Waals surface area contributed by atoms with E-state index in [1.807, 2.05) is 7.05 Å². The summed E-state index contributed by atoms with van der Waals surface area (Å²) in [5.41, 5.74) is 4.11. The number of hydrogen-bond donors (Lipinski definition) is 1. The van der Waals surface area contributed by atoms with Gasteiger partial charge in [0.1, 0.15) is 0 Å². The van der Waals surface area contributed by atoms with Crippen LogP contribution in [0.1, 0.15) is 22.7 Å². The smallest absolute Gasteiger partial charge is 0.0369 e. The maximum Gasteiger partial charge on any atom is 0.0369 e. The van der Waals surface area contributed by atoms with Gasteiger partial charge in [-0.25, -0.2) is 0 Å². The van der Waals surface area contributed by atoms with Crippen LogP contribution in [0.2, 0.25) is 0 Å². The molecular formula is C16H18IN. The average Bonchev–Trinajstić information content (AvgIpc) is 2.41. The quantitative estimate of drug-likeness (QED) is 0.818. The summed E-state index contributed by atoms with van der Waals surface area (Å²) in [6.45, 7) is 2.17. The predicted octanol–water partition coefficient (Wildman–Crippen LogP) is 4.10. The van der Waals surface area contributed by atoms with Crippen LogP contribution in [-0.2, 0) is 6.42 Å². The van der Waals surface area contributed by atoms with E-state index in [2.05, 4.69) is 83.4 Å². The van der Waals surface area contributed by atoms with Crippen LogP contribution in [0.5, 0.6) is 0 Å². The highest BCUT2D eigenvalue weighted by Crippen LogP contribution is 2.25. The maximum absolute atomic E-state index is 3.43. The zero-order valence-electron chi connectivity index (χ0n) is 10.8. The van der Waals surface area contributed by atoms with E-state index in [9.17, 15) is 0 Å². The van der Waals surface area contributed by atoms with Gasteiger partial charge in [0.25, 0.3) is 0 Å². The lowest BCUT2D eigenvalue weighted by Crippen LogP contribution is -2.20. The lowest BCUT2D eigenvalue weighted by atomic mass is 9.98. The Morgan fingerprint density at radius 1 is 1.06 bits per heavy atom. The third-order valence-corrected chi connectivity index (χ3v) is 4.70. The summed E-state index contributed by atoms with van der Waals surface area (Å²) in [6.07, 6.45) is 1.02. The molecule has 2 aromatic rings. The van der Waals surface area contributed by atoms with Crippen LogP contribution in [0.15, 0.2) is 48.5 Å². The summed E-state index contributed by atoms with van der Waals surface area (Å²) < 4.78 is 1.37. The van der Waals surface area contributed by atoms with Gasteiger partial charge in [0.2, 0.25) is 0 Å². The molecule has 0 saturated carbocycles. The molecule has 1 nitrogen and oxygen atoms in total. The maximum atomic E-state index is 3.43. The molecule has 0 amide bonds. The van der Waals surface area contributed by atoms with Gasteiger partial charge in [-0.2, -0.15) is 0 Å². The number of aryl methyl sites for hydroxylation is 1. The van der Waals surface area contributed by atoms with E-state index < -0.39 is 0 Å². The normalized spacial score (nSPS) is 12.4. The SMILES string of the molecule is CNC(Cc1ccccc1)c1cccc(C)c1I. The first-order chi connectivity index (χ1) is 8.72. The molecule has 0 bridgehead atoms. The van der Waals surface area contributed by atoms with Crippen molar-refractivity contribution < 1.29 is 0 Å². The largest absolute Gasteiger partial charge is 0.313 e. The molecule has 2 heteroatoms. The van der Waals surface area contributed by atoms with Crippen LogP contribution < -0.4 is 5.32 Å². The fourth-order valence-corrected chi connectivity index (χ4v) is 2.89. The number of benzene rings is 2. The molecule has 0 aliphatic rings. The molecule has 0 saturated heterocycles. The van der Waals surface area contributed by atoms with E-state index in [-0.39, 0.29) is 0 Å². The number of rotatable bonds is 4. The summed E-state index contributed by atoms with van der Waals surface area (Å²) in [5, 5.41) is 3.43. The van der Waals surface area contributed by atoms with Gasteiger partial charge < -0.3 is 5.32 Å². The summed E-state index contributed by atoms with van der Waals surface area (Å²) in [6, 6.07) is 17.5. The zero-order chi connectivity index (χ0) is 13.0. The topological polar surface area (TPSA) is 12.0 Å². The Labute approximate surface area is 123 Å². The van der Waals surface area contributed by atoms with E-state index in [4.69, 9.17) is 0 Å². The lowest BCUT2D eigenvalue weighted by molar-refractivity contribution is 0.589. The van der Waals surface area contributed by atoms with Gasteiger partial charge in [-0.1, -0.05) is 48.5 Å². The number of halogens is 1. The van der Waals surface area contributed by atoms with Crippen LogP contribution in [0.4, 0.5) is 0 Å². The highest BCUT2D eigenvalue weighted by molar-refractivity contribution is 14.1. The van der Waals surface area contributed by atoms with Crippen molar-refractivity contribution in [1.82, 2.24) is 5.32 Å². The van der Waals surface area contributed by atoms with Crippen LogP contribution in [0.3, 0.4) is 0 Å². The molecule has 94 valence electrons. The van der Waals surface area contributed by atoms with Crippen molar-refractivity contribution in [2.45, 2.75) is 19.4 Å². The molecule has 0 heterocycles. The Kier molecular flexibility index (Phi) is 4.78. The first-order valence-electron chi connectivity index (χ1n) is 6.18. The summed E-state index contributed by atoms with van der Waals surface area (Å²) >= 11 is 2.45. The minimum atomic E-state index is 0.374. The molecule has 0 aromatic heterocycles. The minimum Gasteiger partial charge on any atom is -0.313 e. The van der Waals surface area contributed by atoms with Gasteiger partial charge in [0, 0.05) is 9.61 Å². The Balaban J connectivity index is 2.26. The van der Waals surface area contributed by atoms with Crippen molar-refractivity contribution in [3.05, 3.63) is 68.8 Å². The molecule has 1 unspecified atom stereocenters. The van der Waals surface area contributed by atoms with Crippen LogP contribution in [-0.4, -0.2) is 7.05 Å². The monoisotopic (exact) mass is 351 g/mol. The summed E-state index contributed by atoms with van der Waals surface area (Å²) in [4.78, 5) is 0. The summed E-state index contributed by atoms with van der Waals surface area (Å²) in [7, 11) is 2.03. The molecule has 1 N–H and O–H groups in total. The van der Waals surface area contributed by atoms with E-state index in [0.717, 1.165) is 6.42 Å². The van der Waals surface area contributed by atoms with Crippen molar-refractivity contribution in [3.8, 4) is 0 Å². The minimum absolute atomic E-state index is 0.374. The van der Waals surface area contributed by atoms with Crippen LogP contribution >= 0.6 is 22.6 Å². The van der Waals surface area contributed by atoms with Crippen molar-refractivity contribution >= 4 is 22.6 Å². The first-order valence-corrected chi connectivity index (χ1v) is 7.26. The van der Waals surface area contributed by atoms with Crippen molar-refractivity contribution in [2.75, 3.05) is 7.05 Å². The van der Waals surface area contributed by atoms with E-state index in [1.165, 1.54) is 20.3 Å². The predicted molar refractivity (Wildman–Crippen MR) is 85.8 cm³/mol. The lowest BCUT2D eigenvalue weighted by Gasteiger charge is -2.19. The fraction of sp³-hybridized carbons (Fsp3) is 0.250. The van der Waals surface area contributed by atoms with Crippen molar-refractivity contribution in [1.29, 1.82) is 0 Å². The molecule has 0 radical (unpaired) electrons. The van der Waals surface area contributed by atoms with Crippen molar-refractivity contribution in [2.24, 2.45) is 0 Å². The molecule has 2 aromatic carbocycles. The van der Waals surface area contributed by atoms with E-state index in [0.29, 0.717) is 6.04 Å². The van der Waals surface area contributed by atoms with Gasteiger partial charge in [-0.15, -0.1) is 0 Å². The molecule has 18 heavy (non-hydrogen) atoms. The molecular weight excluding hydrogens is 333 g/mol. The van der Waals surface area contributed by atoms with E-state index >= 15 is 0 Å². The van der Waals surface area contributed by atoms with Gasteiger partial charge in [0.15, 0.2) is 0 Å². The van der Waals surface area contributed by atoms with Gasteiger partial charge in [-0.3, -0.25) is 0 Å². The molecule has 0 fully saturated rings. The van der Waals surface area contributed by atoms with Crippen LogP contribution in [0.25, 0.3) is 0 Å². The number of likely N-dealkylation sites (N-methyl/N-ethyl adjacent to an activating group) is 1. The molecule has 1 atom stereocenters. The van der Waals surface area contributed by atoms with Gasteiger partial charge in [-0.05, 0) is 59.7 Å². The summed E-state index contributed by atoms with van der Waals surface area (Å²) in [5.74, 6) is 0. The molecule has 0 aliphatic heterocycles. The standard InChI is InChI=1S/C16H18IN/c1-12-7-6-10-14(16(12)17)15(18-2)11-13-8-4-3-5-9-13/h3-10,15,18H,11H2,1-2H3. The van der Waals surface area contributed by atoms with Gasteiger partial charge >= 0.3 is 0 Å². The van der Waals surface area contributed by atoms with Crippen molar-refractivity contribution in [3.63, 3.8) is 0 Å². The third kappa shape index (κ3) is 3.12. The van der Waals surface area contributed by atoms with Crippen LogP contribution in [0, 0.1) is 10.5 Å². The second-order valence-corrected chi connectivity index (χ2v) is 5.59. The fourth-order valence-electron chi connectivity index (χ4n) is 2.16. The zero-order valence-corrected chi connectivity index (χ0v) is 12.9. The number of nitrogens with one attached hydrogen (secondary N) is 1. The Morgan fingerprint density at radius 2 is 1.78 bits per heavy atom. The number of hydrogen-bond acceptors (Lipinski definition) is 1. The molecule has 0 spiro atoms. The second kappa shape index (κ2) is 6.34. The second-order valence-electron chi connectivity index (χ2n) is 4.51. The van der Waals surface area contributed by atoms with E-state index in [1.54, 1.807) is 0 Å². The third-order valence-electron chi connectivity index (χ3n) is 3.23. The average molecular weight is 351 g/mol. The Hall–Kier alpha value is -0.870. The highest BCUT2D eigenvalue weighted by Gasteiger charge is 2.13. The Bertz CT molecular complexity index is 508. The molecule has 0 aliphatic carbocycles. The first kappa shape index (κ1) is 13.6. The van der Waals surface area contributed by atoms with Gasteiger partial charge in [0.05, 0.1) is 0 Å². The molecule has 2 rings (SSSR count).